The fourth-order valence-corrected chi connectivity index (χ4v) is 3.49. The third-order valence-electron chi connectivity index (χ3n) is 4.63. The Morgan fingerprint density at radius 1 is 1.45 bits per heavy atom. The highest BCUT2D eigenvalue weighted by atomic mass is 32.1. The molecular weight excluding hydrogens is 296 g/mol. The molecule has 7 heteroatoms. The van der Waals surface area contributed by atoms with Gasteiger partial charge in [-0.2, -0.15) is 0 Å². The minimum Gasteiger partial charge on any atom is -0.370 e. The molecule has 2 N–H and O–H groups in total. The number of guanidine groups is 1. The van der Waals surface area contributed by atoms with Gasteiger partial charge in [0.05, 0.1) is 6.54 Å². The number of piperazine rings is 1. The van der Waals surface area contributed by atoms with Crippen molar-refractivity contribution in [2.24, 2.45) is 10.7 Å². The van der Waals surface area contributed by atoms with Crippen molar-refractivity contribution in [3.63, 3.8) is 0 Å². The van der Waals surface area contributed by atoms with Crippen molar-refractivity contribution in [2.75, 3.05) is 44.7 Å². The van der Waals surface area contributed by atoms with Gasteiger partial charge in [-0.25, -0.2) is 4.98 Å². The predicted octanol–water partition coefficient (Wildman–Crippen LogP) is 1.06. The summed E-state index contributed by atoms with van der Waals surface area (Å²) in [4.78, 5) is 15.9. The molecule has 1 unspecified atom stereocenters. The lowest BCUT2D eigenvalue weighted by atomic mass is 10.3. The first kappa shape index (κ1) is 15.6. The molecule has 1 aromatic rings. The van der Waals surface area contributed by atoms with E-state index in [4.69, 9.17) is 5.73 Å². The summed E-state index contributed by atoms with van der Waals surface area (Å²) in [5.41, 5.74) is 6.18. The maximum absolute atomic E-state index is 6.18. The molecule has 2 heterocycles. The number of thiazole rings is 1. The lowest BCUT2D eigenvalue weighted by Crippen LogP contribution is -2.51. The van der Waals surface area contributed by atoms with Crippen molar-refractivity contribution in [1.29, 1.82) is 0 Å². The molecule has 1 saturated heterocycles. The minimum atomic E-state index is 0.461. The van der Waals surface area contributed by atoms with E-state index in [-0.39, 0.29) is 0 Å². The van der Waals surface area contributed by atoms with Crippen LogP contribution >= 0.6 is 11.3 Å². The Labute approximate surface area is 136 Å². The van der Waals surface area contributed by atoms with Crippen LogP contribution in [0.4, 0.5) is 5.13 Å². The number of anilines is 1. The molecular formula is C15H26N6S. The molecule has 0 bridgehead atoms. The van der Waals surface area contributed by atoms with Crippen molar-refractivity contribution >= 4 is 22.4 Å². The van der Waals surface area contributed by atoms with Crippen LogP contribution in [0.15, 0.2) is 16.6 Å². The number of hydrogen-bond donors (Lipinski definition) is 1. The van der Waals surface area contributed by atoms with Gasteiger partial charge in [-0.15, -0.1) is 11.3 Å². The van der Waals surface area contributed by atoms with Crippen LogP contribution in [0.25, 0.3) is 0 Å². The first-order chi connectivity index (χ1) is 10.6. The van der Waals surface area contributed by atoms with Crippen LogP contribution in [0.5, 0.6) is 0 Å². The summed E-state index contributed by atoms with van der Waals surface area (Å²) < 4.78 is 0. The highest BCUT2D eigenvalue weighted by Crippen LogP contribution is 2.26. The molecule has 122 valence electrons. The van der Waals surface area contributed by atoms with E-state index in [9.17, 15) is 0 Å². The van der Waals surface area contributed by atoms with Gasteiger partial charge >= 0.3 is 0 Å². The summed E-state index contributed by atoms with van der Waals surface area (Å²) in [5, 5.41) is 3.13. The fraction of sp³-hybridized carbons (Fsp3) is 0.733. The number of nitrogens with zero attached hydrogens (tertiary/aromatic N) is 5. The molecule has 1 aliphatic heterocycles. The maximum Gasteiger partial charge on any atom is 0.191 e. The normalized spacial score (nSPS) is 21.5. The summed E-state index contributed by atoms with van der Waals surface area (Å²) >= 11 is 1.69. The van der Waals surface area contributed by atoms with E-state index in [1.54, 1.807) is 11.3 Å². The molecule has 1 atom stereocenters. The lowest BCUT2D eigenvalue weighted by molar-refractivity contribution is 0.252. The van der Waals surface area contributed by atoms with Crippen LogP contribution in [-0.2, 0) is 0 Å². The third-order valence-corrected chi connectivity index (χ3v) is 5.46. The van der Waals surface area contributed by atoms with Gasteiger partial charge in [0.25, 0.3) is 0 Å². The Bertz CT molecular complexity index is 490. The van der Waals surface area contributed by atoms with Gasteiger partial charge in [0.1, 0.15) is 0 Å². The molecule has 0 radical (unpaired) electrons. The first-order valence-corrected chi connectivity index (χ1v) is 8.94. The maximum atomic E-state index is 6.18. The summed E-state index contributed by atoms with van der Waals surface area (Å²) in [7, 11) is 2.20. The molecule has 6 nitrogen and oxygen atoms in total. The SMILES string of the molecule is CC(CN=C(N)N1CCN(c2nccs2)CC1)N(C)C1CC1. The number of aromatic nitrogens is 1. The molecule has 1 aromatic heterocycles. The smallest absolute Gasteiger partial charge is 0.191 e. The summed E-state index contributed by atoms with van der Waals surface area (Å²) in [6.07, 6.45) is 4.53. The fourth-order valence-electron chi connectivity index (χ4n) is 2.80. The summed E-state index contributed by atoms with van der Waals surface area (Å²) in [6.45, 7) is 6.77. The van der Waals surface area contributed by atoms with E-state index < -0.39 is 0 Å². The van der Waals surface area contributed by atoms with Crippen LogP contribution < -0.4 is 10.6 Å². The highest BCUT2D eigenvalue weighted by molar-refractivity contribution is 7.13. The standard InChI is InChI=1S/C15H26N6S/c1-12(19(2)13-3-4-13)11-18-14(16)20-6-8-21(9-7-20)15-17-5-10-22-15/h5,10,12-13H,3-4,6-9,11H2,1-2H3,(H2,16,18). The lowest BCUT2D eigenvalue weighted by Gasteiger charge is -2.35. The van der Waals surface area contributed by atoms with Crippen LogP contribution in [0.1, 0.15) is 19.8 Å². The molecule has 0 spiro atoms. The molecule has 0 amide bonds. The van der Waals surface area contributed by atoms with Crippen molar-refractivity contribution in [3.8, 4) is 0 Å². The van der Waals surface area contributed by atoms with E-state index in [0.717, 1.165) is 43.9 Å². The second kappa shape index (κ2) is 6.83. The Hall–Kier alpha value is -1.34. The Kier molecular flexibility index (Phi) is 4.83. The number of likely N-dealkylation sites (N-methyl/N-ethyl adjacent to an activating group) is 1. The molecule has 1 saturated carbocycles. The van der Waals surface area contributed by atoms with Crippen molar-refractivity contribution in [2.45, 2.75) is 31.8 Å². The molecule has 1 aliphatic carbocycles. The van der Waals surface area contributed by atoms with Crippen LogP contribution in [0.2, 0.25) is 0 Å². The average molecular weight is 322 g/mol. The van der Waals surface area contributed by atoms with E-state index >= 15 is 0 Å². The molecule has 22 heavy (non-hydrogen) atoms. The van der Waals surface area contributed by atoms with Gasteiger partial charge < -0.3 is 15.5 Å². The predicted molar refractivity (Wildman–Crippen MR) is 92.6 cm³/mol. The van der Waals surface area contributed by atoms with Crippen LogP contribution in [-0.4, -0.2) is 72.6 Å². The average Bonchev–Trinajstić information content (AvgIpc) is 3.26. The van der Waals surface area contributed by atoms with Crippen molar-refractivity contribution in [1.82, 2.24) is 14.8 Å². The summed E-state index contributed by atoms with van der Waals surface area (Å²) in [5.74, 6) is 0.690. The number of nitrogens with two attached hydrogens (primary N) is 1. The second-order valence-electron chi connectivity index (χ2n) is 6.23. The van der Waals surface area contributed by atoms with E-state index in [0.29, 0.717) is 12.0 Å². The number of aliphatic imine (C=N–C) groups is 1. The molecule has 0 aromatic carbocycles. The van der Waals surface area contributed by atoms with E-state index in [2.05, 4.69) is 38.6 Å². The van der Waals surface area contributed by atoms with Gasteiger partial charge in [0.15, 0.2) is 11.1 Å². The van der Waals surface area contributed by atoms with Crippen LogP contribution in [0.3, 0.4) is 0 Å². The van der Waals surface area contributed by atoms with E-state index in [1.807, 2.05) is 11.6 Å². The van der Waals surface area contributed by atoms with Gasteiger partial charge in [-0.1, -0.05) is 0 Å². The third kappa shape index (κ3) is 3.70. The zero-order valence-corrected chi connectivity index (χ0v) is 14.3. The Morgan fingerprint density at radius 2 is 2.18 bits per heavy atom. The zero-order chi connectivity index (χ0) is 15.5. The largest absolute Gasteiger partial charge is 0.370 e. The van der Waals surface area contributed by atoms with Crippen molar-refractivity contribution in [3.05, 3.63) is 11.6 Å². The van der Waals surface area contributed by atoms with Gasteiger partial charge in [-0.3, -0.25) is 9.89 Å². The minimum absolute atomic E-state index is 0.461. The first-order valence-electron chi connectivity index (χ1n) is 8.06. The van der Waals surface area contributed by atoms with E-state index in [1.165, 1.54) is 12.8 Å². The second-order valence-corrected chi connectivity index (χ2v) is 7.11. The number of hydrogen-bond acceptors (Lipinski definition) is 5. The van der Waals surface area contributed by atoms with Crippen LogP contribution in [0, 0.1) is 0 Å². The quantitative estimate of drug-likeness (QED) is 0.649. The van der Waals surface area contributed by atoms with Gasteiger partial charge in [0.2, 0.25) is 0 Å². The van der Waals surface area contributed by atoms with Gasteiger partial charge in [0, 0.05) is 49.8 Å². The topological polar surface area (TPSA) is 61.0 Å². The number of rotatable bonds is 5. The molecule has 2 aliphatic rings. The highest BCUT2D eigenvalue weighted by Gasteiger charge is 2.29. The zero-order valence-electron chi connectivity index (χ0n) is 13.5. The molecule has 2 fully saturated rings. The monoisotopic (exact) mass is 322 g/mol. The Balaban J connectivity index is 1.46. The van der Waals surface area contributed by atoms with Gasteiger partial charge in [-0.05, 0) is 26.8 Å². The summed E-state index contributed by atoms with van der Waals surface area (Å²) in [6, 6.07) is 1.23. The van der Waals surface area contributed by atoms with Crippen molar-refractivity contribution < 1.29 is 0 Å². The molecule has 3 rings (SSSR count). The Morgan fingerprint density at radius 3 is 2.77 bits per heavy atom.